The van der Waals surface area contributed by atoms with Gasteiger partial charge in [-0.1, -0.05) is 0 Å². The lowest BCUT2D eigenvalue weighted by Gasteiger charge is -2.31. The van der Waals surface area contributed by atoms with E-state index in [1.165, 1.54) is 29.5 Å². The van der Waals surface area contributed by atoms with Gasteiger partial charge in [-0.3, -0.25) is 4.90 Å². The average Bonchev–Trinajstić information content (AvgIpc) is 3.45. The third-order valence-electron chi connectivity index (χ3n) is 7.34. The first-order valence-corrected chi connectivity index (χ1v) is 13.9. The molecule has 12 heteroatoms. The number of nitrogens with zero attached hydrogens (tertiary/aromatic N) is 4. The Labute approximate surface area is 232 Å². The fraction of sp³-hybridized carbons (Fsp3) is 0.393. The van der Waals surface area contributed by atoms with Gasteiger partial charge in [-0.05, 0) is 61.2 Å². The summed E-state index contributed by atoms with van der Waals surface area (Å²) in [6.45, 7) is 4.50. The van der Waals surface area contributed by atoms with Crippen molar-refractivity contribution in [1.29, 1.82) is 0 Å². The van der Waals surface area contributed by atoms with Crippen molar-refractivity contribution in [3.8, 4) is 5.75 Å². The second-order valence-electron chi connectivity index (χ2n) is 10.2. The van der Waals surface area contributed by atoms with Crippen LogP contribution in [0.4, 0.5) is 13.2 Å². The Morgan fingerprint density at radius 3 is 2.73 bits per heavy atom. The van der Waals surface area contributed by atoms with Gasteiger partial charge in [0.1, 0.15) is 23.2 Å². The predicted molar refractivity (Wildman–Crippen MR) is 141 cm³/mol. The van der Waals surface area contributed by atoms with Crippen molar-refractivity contribution in [3.05, 3.63) is 74.5 Å². The van der Waals surface area contributed by atoms with Crippen LogP contribution in [0.1, 0.15) is 50.0 Å². The van der Waals surface area contributed by atoms with E-state index in [-0.39, 0.29) is 24.0 Å². The van der Waals surface area contributed by atoms with Crippen LogP contribution in [-0.4, -0.2) is 49.8 Å². The zero-order chi connectivity index (χ0) is 28.0. The van der Waals surface area contributed by atoms with Gasteiger partial charge >= 0.3 is 12.1 Å². The SMILES string of the molecule is Cc1csc(COc2cc3c(cc2C(F)(F)F)CCN(Cc2nc4ccc(C(=O)O)cc4n2C[C@@H]2CCO2)C3)n1. The van der Waals surface area contributed by atoms with E-state index in [4.69, 9.17) is 14.5 Å². The van der Waals surface area contributed by atoms with Crippen LogP contribution in [0, 0.1) is 6.92 Å². The molecule has 6 rings (SSSR count). The van der Waals surface area contributed by atoms with E-state index in [9.17, 15) is 23.1 Å². The van der Waals surface area contributed by atoms with E-state index in [2.05, 4.69) is 9.88 Å². The molecular formula is C28H27F3N4O4S. The number of hydrogen-bond acceptors (Lipinski definition) is 7. The minimum Gasteiger partial charge on any atom is -0.486 e. The number of carbonyl (C=O) groups is 1. The largest absolute Gasteiger partial charge is 0.486 e. The van der Waals surface area contributed by atoms with Crippen LogP contribution in [0.25, 0.3) is 11.0 Å². The molecule has 0 amide bonds. The maximum atomic E-state index is 13.9. The van der Waals surface area contributed by atoms with Crippen LogP contribution in [0.2, 0.25) is 0 Å². The predicted octanol–water partition coefficient (Wildman–Crippen LogP) is 5.44. The number of halogens is 3. The van der Waals surface area contributed by atoms with E-state index in [1.807, 2.05) is 16.9 Å². The standard InChI is InChI=1S/C28H27F3N4O4S/c1-16-15-40-26(32-16)14-39-24-10-19-11-34(6-4-17(19)8-21(24)28(29,30)31)13-25-33-22-3-2-18(27(36)37)9-23(22)35(25)12-20-5-7-38-20/h2-3,8-10,15,20H,4-7,11-14H2,1H3,(H,36,37)/t20-/m0/s1. The number of alkyl halides is 3. The summed E-state index contributed by atoms with van der Waals surface area (Å²) in [5, 5.41) is 11.9. The van der Waals surface area contributed by atoms with E-state index in [1.54, 1.807) is 12.1 Å². The topological polar surface area (TPSA) is 89.7 Å². The number of imidazole rings is 1. The number of rotatable bonds is 8. The number of carboxylic acid groups (broad SMARTS) is 1. The van der Waals surface area contributed by atoms with Gasteiger partial charge in [-0.2, -0.15) is 13.2 Å². The van der Waals surface area contributed by atoms with Gasteiger partial charge in [-0.25, -0.2) is 14.8 Å². The summed E-state index contributed by atoms with van der Waals surface area (Å²) in [6, 6.07) is 7.60. The van der Waals surface area contributed by atoms with Crippen LogP contribution in [0.15, 0.2) is 35.7 Å². The fourth-order valence-corrected chi connectivity index (χ4v) is 5.87. The highest BCUT2D eigenvalue weighted by Crippen LogP contribution is 2.40. The smallest absolute Gasteiger partial charge is 0.419 e. The summed E-state index contributed by atoms with van der Waals surface area (Å²) >= 11 is 1.35. The second-order valence-corrected chi connectivity index (χ2v) is 11.1. The summed E-state index contributed by atoms with van der Waals surface area (Å²) in [5.41, 5.74) is 3.07. The number of hydrogen-bond donors (Lipinski definition) is 1. The monoisotopic (exact) mass is 572 g/mol. The number of aromatic carboxylic acids is 1. The normalized spacial score (nSPS) is 17.6. The van der Waals surface area contributed by atoms with E-state index < -0.39 is 17.7 Å². The molecule has 2 aromatic heterocycles. The second kappa shape index (κ2) is 10.5. The Morgan fingerprint density at radius 1 is 1.23 bits per heavy atom. The molecular weight excluding hydrogens is 545 g/mol. The number of fused-ring (bicyclic) bond motifs is 2. The Morgan fingerprint density at radius 2 is 2.05 bits per heavy atom. The molecule has 1 fully saturated rings. The first kappa shape index (κ1) is 26.7. The number of aryl methyl sites for hydroxylation is 1. The highest BCUT2D eigenvalue weighted by atomic mass is 32.1. The van der Waals surface area contributed by atoms with Gasteiger partial charge in [0, 0.05) is 30.8 Å². The average molecular weight is 573 g/mol. The van der Waals surface area contributed by atoms with Crippen molar-refractivity contribution >= 4 is 28.3 Å². The number of aromatic nitrogens is 3. The molecule has 4 heterocycles. The molecule has 0 spiro atoms. The first-order valence-electron chi connectivity index (χ1n) is 13.0. The zero-order valence-electron chi connectivity index (χ0n) is 21.7. The van der Waals surface area contributed by atoms with Crippen LogP contribution < -0.4 is 4.74 Å². The van der Waals surface area contributed by atoms with E-state index in [0.29, 0.717) is 55.3 Å². The highest BCUT2D eigenvalue weighted by molar-refractivity contribution is 7.09. The Bertz CT molecular complexity index is 1580. The highest BCUT2D eigenvalue weighted by Gasteiger charge is 2.36. The van der Waals surface area contributed by atoms with Gasteiger partial charge in [0.2, 0.25) is 0 Å². The summed E-state index contributed by atoms with van der Waals surface area (Å²) in [5.74, 6) is -0.444. The number of carboxylic acids is 1. The van der Waals surface area contributed by atoms with Crippen molar-refractivity contribution in [3.63, 3.8) is 0 Å². The molecule has 0 saturated carbocycles. The fourth-order valence-electron chi connectivity index (χ4n) is 5.19. The maximum absolute atomic E-state index is 13.9. The third kappa shape index (κ3) is 5.43. The molecule has 0 unspecified atom stereocenters. The molecule has 2 aliphatic heterocycles. The molecule has 1 saturated heterocycles. The minimum absolute atomic E-state index is 0.0321. The van der Waals surface area contributed by atoms with Crippen molar-refractivity contribution in [2.75, 3.05) is 13.2 Å². The summed E-state index contributed by atoms with van der Waals surface area (Å²) < 4.78 is 55.1. The molecule has 1 N–H and O–H groups in total. The molecule has 1 atom stereocenters. The number of thiazole rings is 1. The Kier molecular flexibility index (Phi) is 7.01. The summed E-state index contributed by atoms with van der Waals surface area (Å²) in [4.78, 5) is 22.8. The lowest BCUT2D eigenvalue weighted by molar-refractivity contribution is -0.139. The number of benzene rings is 2. The van der Waals surface area contributed by atoms with Crippen LogP contribution >= 0.6 is 11.3 Å². The van der Waals surface area contributed by atoms with Crippen molar-refractivity contribution < 1.29 is 32.5 Å². The van der Waals surface area contributed by atoms with Gasteiger partial charge in [0.25, 0.3) is 0 Å². The van der Waals surface area contributed by atoms with E-state index >= 15 is 0 Å². The zero-order valence-corrected chi connectivity index (χ0v) is 22.5. The quantitative estimate of drug-likeness (QED) is 0.301. The lowest BCUT2D eigenvalue weighted by Crippen LogP contribution is -2.34. The van der Waals surface area contributed by atoms with Crippen molar-refractivity contribution in [1.82, 2.24) is 19.4 Å². The van der Waals surface area contributed by atoms with Gasteiger partial charge in [0.05, 0.1) is 41.4 Å². The van der Waals surface area contributed by atoms with Gasteiger partial charge in [-0.15, -0.1) is 11.3 Å². The Balaban J connectivity index is 1.27. The molecule has 0 aliphatic carbocycles. The third-order valence-corrected chi connectivity index (χ3v) is 8.28. The van der Waals surface area contributed by atoms with Crippen LogP contribution in [0.3, 0.4) is 0 Å². The Hall–Kier alpha value is -3.48. The molecule has 2 aromatic carbocycles. The van der Waals surface area contributed by atoms with Gasteiger partial charge < -0.3 is 19.1 Å². The molecule has 2 aliphatic rings. The lowest BCUT2D eigenvalue weighted by atomic mass is 9.96. The van der Waals surface area contributed by atoms with Crippen LogP contribution in [-0.2, 0) is 43.6 Å². The molecule has 8 nitrogen and oxygen atoms in total. The molecule has 210 valence electrons. The molecule has 40 heavy (non-hydrogen) atoms. The summed E-state index contributed by atoms with van der Waals surface area (Å²) in [7, 11) is 0. The van der Waals surface area contributed by atoms with Gasteiger partial charge in [0.15, 0.2) is 0 Å². The van der Waals surface area contributed by atoms with Crippen LogP contribution in [0.5, 0.6) is 5.75 Å². The molecule has 0 bridgehead atoms. The van der Waals surface area contributed by atoms with E-state index in [0.717, 1.165) is 29.0 Å². The number of ether oxygens (including phenoxy) is 2. The van der Waals surface area contributed by atoms with Crippen molar-refractivity contribution in [2.24, 2.45) is 0 Å². The maximum Gasteiger partial charge on any atom is 0.419 e. The molecule has 0 radical (unpaired) electrons. The summed E-state index contributed by atoms with van der Waals surface area (Å²) in [6.07, 6.45) is -3.13. The minimum atomic E-state index is -4.54. The molecule has 4 aromatic rings. The van der Waals surface area contributed by atoms with Crippen molar-refractivity contribution in [2.45, 2.75) is 58.3 Å². The first-order chi connectivity index (χ1) is 19.1.